The molecular formula is C14H26O2. The Kier molecular flexibility index (Phi) is 3.92. The van der Waals surface area contributed by atoms with Gasteiger partial charge in [0.1, 0.15) is 0 Å². The molecule has 0 saturated heterocycles. The molecular weight excluding hydrogens is 200 g/mol. The first-order chi connectivity index (χ1) is 6.71. The van der Waals surface area contributed by atoms with E-state index in [0.717, 1.165) is 0 Å². The summed E-state index contributed by atoms with van der Waals surface area (Å²) < 4.78 is 0. The summed E-state index contributed by atoms with van der Waals surface area (Å²) in [6.45, 7) is 14.6. The molecule has 0 bridgehead atoms. The van der Waals surface area contributed by atoms with Gasteiger partial charge in [0.15, 0.2) is 0 Å². The summed E-state index contributed by atoms with van der Waals surface area (Å²) in [4.78, 5) is 0. The molecule has 0 spiro atoms. The molecule has 0 radical (unpaired) electrons. The third-order valence-corrected chi connectivity index (χ3v) is 3.75. The molecule has 0 rings (SSSR count). The third kappa shape index (κ3) is 3.50. The first-order valence-corrected chi connectivity index (χ1v) is 5.70. The SMILES string of the molecule is CC(C)(O)C(C)(C)C#CC(C)(C)C(C)(C)O. The summed E-state index contributed by atoms with van der Waals surface area (Å²) in [7, 11) is 0. The minimum Gasteiger partial charge on any atom is -0.389 e. The van der Waals surface area contributed by atoms with E-state index in [1.54, 1.807) is 27.7 Å². The van der Waals surface area contributed by atoms with Crippen LogP contribution in [0.5, 0.6) is 0 Å². The van der Waals surface area contributed by atoms with Crippen molar-refractivity contribution in [3.63, 3.8) is 0 Å². The van der Waals surface area contributed by atoms with Gasteiger partial charge in [-0.15, -0.1) is 0 Å². The standard InChI is InChI=1S/C14H26O2/c1-11(2,13(5,6)15)9-10-12(3,4)14(7,8)16/h15-16H,1-8H3. The Morgan fingerprint density at radius 1 is 0.562 bits per heavy atom. The van der Waals surface area contributed by atoms with Gasteiger partial charge >= 0.3 is 0 Å². The molecule has 2 N–H and O–H groups in total. The van der Waals surface area contributed by atoms with Crippen molar-refractivity contribution in [2.24, 2.45) is 10.8 Å². The van der Waals surface area contributed by atoms with Crippen molar-refractivity contribution in [1.82, 2.24) is 0 Å². The zero-order valence-electron chi connectivity index (χ0n) is 11.9. The average molecular weight is 226 g/mol. The van der Waals surface area contributed by atoms with Crippen molar-refractivity contribution in [2.45, 2.75) is 66.6 Å². The van der Waals surface area contributed by atoms with E-state index in [4.69, 9.17) is 0 Å². The minimum atomic E-state index is -0.865. The topological polar surface area (TPSA) is 40.5 Å². The van der Waals surface area contributed by atoms with E-state index in [0.29, 0.717) is 0 Å². The van der Waals surface area contributed by atoms with Crippen molar-refractivity contribution in [1.29, 1.82) is 0 Å². The van der Waals surface area contributed by atoms with E-state index in [2.05, 4.69) is 11.8 Å². The molecule has 0 unspecified atom stereocenters. The van der Waals surface area contributed by atoms with E-state index >= 15 is 0 Å². The zero-order valence-corrected chi connectivity index (χ0v) is 11.9. The lowest BCUT2D eigenvalue weighted by Gasteiger charge is -2.35. The van der Waals surface area contributed by atoms with E-state index in [9.17, 15) is 10.2 Å². The first-order valence-electron chi connectivity index (χ1n) is 5.70. The third-order valence-electron chi connectivity index (χ3n) is 3.75. The quantitative estimate of drug-likeness (QED) is 0.711. The van der Waals surface area contributed by atoms with Gasteiger partial charge in [-0.25, -0.2) is 0 Å². The second kappa shape index (κ2) is 4.05. The van der Waals surface area contributed by atoms with Crippen molar-refractivity contribution in [3.05, 3.63) is 0 Å². The smallest absolute Gasteiger partial charge is 0.0751 e. The van der Waals surface area contributed by atoms with Crippen molar-refractivity contribution in [2.75, 3.05) is 0 Å². The molecule has 0 atom stereocenters. The lowest BCUT2D eigenvalue weighted by molar-refractivity contribution is -0.00828. The van der Waals surface area contributed by atoms with Crippen molar-refractivity contribution < 1.29 is 10.2 Å². The Bertz CT molecular complexity index is 270. The van der Waals surface area contributed by atoms with Crippen LogP contribution in [-0.4, -0.2) is 21.4 Å². The van der Waals surface area contributed by atoms with Gasteiger partial charge in [0.05, 0.1) is 22.0 Å². The molecule has 0 aliphatic heterocycles. The predicted molar refractivity (Wildman–Crippen MR) is 67.9 cm³/mol. The van der Waals surface area contributed by atoms with E-state index < -0.39 is 22.0 Å². The molecule has 0 fully saturated rings. The molecule has 2 heteroatoms. The highest BCUT2D eigenvalue weighted by Gasteiger charge is 2.36. The highest BCUT2D eigenvalue weighted by atomic mass is 16.3. The van der Waals surface area contributed by atoms with E-state index in [1.807, 2.05) is 27.7 Å². The van der Waals surface area contributed by atoms with Crippen LogP contribution in [0.1, 0.15) is 55.4 Å². The molecule has 94 valence electrons. The molecule has 0 aliphatic rings. The number of hydrogen-bond acceptors (Lipinski definition) is 2. The Morgan fingerprint density at radius 2 is 0.750 bits per heavy atom. The molecule has 2 nitrogen and oxygen atoms in total. The second-order valence-corrected chi connectivity index (χ2v) is 6.62. The van der Waals surface area contributed by atoms with Crippen LogP contribution in [0, 0.1) is 22.7 Å². The van der Waals surface area contributed by atoms with Gasteiger partial charge in [0.25, 0.3) is 0 Å². The van der Waals surface area contributed by atoms with Crippen LogP contribution in [0.25, 0.3) is 0 Å². The van der Waals surface area contributed by atoms with Gasteiger partial charge in [0, 0.05) is 0 Å². The molecule has 0 heterocycles. The molecule has 0 saturated carbocycles. The molecule has 0 amide bonds. The van der Waals surface area contributed by atoms with Gasteiger partial charge in [-0.3, -0.25) is 0 Å². The van der Waals surface area contributed by atoms with Crippen LogP contribution in [-0.2, 0) is 0 Å². The Hall–Kier alpha value is -0.520. The first kappa shape index (κ1) is 15.5. The lowest BCUT2D eigenvalue weighted by Crippen LogP contribution is -2.40. The molecule has 0 aromatic heterocycles. The maximum Gasteiger partial charge on any atom is 0.0751 e. The van der Waals surface area contributed by atoms with Crippen LogP contribution >= 0.6 is 0 Å². The van der Waals surface area contributed by atoms with Crippen LogP contribution in [0.3, 0.4) is 0 Å². The van der Waals surface area contributed by atoms with Crippen LogP contribution in [0.15, 0.2) is 0 Å². The highest BCUT2D eigenvalue weighted by Crippen LogP contribution is 2.33. The maximum absolute atomic E-state index is 9.98. The number of aliphatic hydroxyl groups is 2. The molecule has 0 aromatic rings. The Morgan fingerprint density at radius 3 is 0.875 bits per heavy atom. The number of hydrogen-bond donors (Lipinski definition) is 2. The van der Waals surface area contributed by atoms with Gasteiger partial charge < -0.3 is 10.2 Å². The Balaban J connectivity index is 5.17. The molecule has 0 aliphatic carbocycles. The van der Waals surface area contributed by atoms with Crippen LogP contribution in [0.2, 0.25) is 0 Å². The average Bonchev–Trinajstić information content (AvgIpc) is 1.97. The van der Waals surface area contributed by atoms with Crippen molar-refractivity contribution in [3.8, 4) is 11.8 Å². The minimum absolute atomic E-state index is 0.504. The summed E-state index contributed by atoms with van der Waals surface area (Å²) in [5.74, 6) is 6.17. The lowest BCUT2D eigenvalue weighted by atomic mass is 9.74. The van der Waals surface area contributed by atoms with E-state index in [-0.39, 0.29) is 0 Å². The van der Waals surface area contributed by atoms with Gasteiger partial charge in [-0.2, -0.15) is 0 Å². The monoisotopic (exact) mass is 226 g/mol. The largest absolute Gasteiger partial charge is 0.389 e. The highest BCUT2D eigenvalue weighted by molar-refractivity contribution is 5.21. The fraction of sp³-hybridized carbons (Fsp3) is 0.857. The van der Waals surface area contributed by atoms with Gasteiger partial charge in [0.2, 0.25) is 0 Å². The summed E-state index contributed by atoms with van der Waals surface area (Å²) in [5.41, 5.74) is -2.74. The summed E-state index contributed by atoms with van der Waals surface area (Å²) in [6.07, 6.45) is 0. The van der Waals surface area contributed by atoms with Crippen LogP contribution < -0.4 is 0 Å². The van der Waals surface area contributed by atoms with Crippen molar-refractivity contribution >= 4 is 0 Å². The second-order valence-electron chi connectivity index (χ2n) is 6.62. The number of rotatable bonds is 2. The van der Waals surface area contributed by atoms with Gasteiger partial charge in [-0.05, 0) is 55.4 Å². The summed E-state index contributed by atoms with van der Waals surface area (Å²) in [5, 5.41) is 20.0. The summed E-state index contributed by atoms with van der Waals surface area (Å²) >= 11 is 0. The normalized spacial score (nSPS) is 14.4. The fourth-order valence-corrected chi connectivity index (χ4v) is 0.618. The predicted octanol–water partition coefficient (Wildman–Crippen LogP) is 2.58. The van der Waals surface area contributed by atoms with E-state index in [1.165, 1.54) is 0 Å². The maximum atomic E-state index is 9.98. The molecule has 0 aromatic carbocycles. The molecule has 16 heavy (non-hydrogen) atoms. The van der Waals surface area contributed by atoms with Gasteiger partial charge in [-0.1, -0.05) is 11.8 Å². The van der Waals surface area contributed by atoms with Crippen LogP contribution in [0.4, 0.5) is 0 Å². The zero-order chi connectivity index (χ0) is 13.4. The Labute approximate surface area is 100 Å². The fourth-order valence-electron chi connectivity index (χ4n) is 0.618. The summed E-state index contributed by atoms with van der Waals surface area (Å²) in [6, 6.07) is 0.